The van der Waals surface area contributed by atoms with Gasteiger partial charge in [0.15, 0.2) is 5.69 Å². The Labute approximate surface area is 246 Å². The van der Waals surface area contributed by atoms with E-state index < -0.39 is 41.8 Å². The molecule has 11 nitrogen and oxygen atoms in total. The lowest BCUT2D eigenvalue weighted by molar-refractivity contribution is -0.148. The Bertz CT molecular complexity index is 1670. The first-order chi connectivity index (χ1) is 20.1. The summed E-state index contributed by atoms with van der Waals surface area (Å²) in [5, 5.41) is 18.8. The second kappa shape index (κ2) is 12.0. The summed E-state index contributed by atoms with van der Waals surface area (Å²) in [6.07, 6.45) is 1.72. The molecule has 3 atom stereocenters. The Morgan fingerprint density at radius 1 is 1.10 bits per heavy atom. The molecule has 1 aromatic heterocycles. The van der Waals surface area contributed by atoms with Crippen LogP contribution in [0.25, 0.3) is 10.8 Å². The molecule has 0 bridgehead atoms. The molecule has 1 aliphatic rings. The van der Waals surface area contributed by atoms with Gasteiger partial charge in [0.25, 0.3) is 5.91 Å². The molecule has 4 aromatic rings. The molecule has 2 heterocycles. The summed E-state index contributed by atoms with van der Waals surface area (Å²) in [6.45, 7) is 1.66. The fraction of sp³-hybridized carbons (Fsp3) is 0.267. The largest absolute Gasteiger partial charge is 0.476 e. The van der Waals surface area contributed by atoms with Crippen LogP contribution in [0.3, 0.4) is 0 Å². The summed E-state index contributed by atoms with van der Waals surface area (Å²) >= 11 is 6.31. The summed E-state index contributed by atoms with van der Waals surface area (Å²) < 4.78 is 1.12. The van der Waals surface area contributed by atoms with Crippen molar-refractivity contribution in [3.05, 3.63) is 94.8 Å². The number of carbonyl (C=O) groups is 4. The van der Waals surface area contributed by atoms with E-state index in [1.807, 2.05) is 49.4 Å². The molecule has 1 fully saturated rings. The molecule has 1 saturated heterocycles. The highest BCUT2D eigenvalue weighted by atomic mass is 35.5. The summed E-state index contributed by atoms with van der Waals surface area (Å²) in [7, 11) is 0. The molecule has 0 unspecified atom stereocenters. The number of rotatable bonds is 8. The Balaban J connectivity index is 1.53. The third-order valence-corrected chi connectivity index (χ3v) is 7.80. The van der Waals surface area contributed by atoms with Crippen molar-refractivity contribution < 1.29 is 24.3 Å². The van der Waals surface area contributed by atoms with E-state index in [0.29, 0.717) is 17.0 Å². The van der Waals surface area contributed by atoms with Crippen LogP contribution in [0.4, 0.5) is 0 Å². The molecule has 3 aromatic carbocycles. The molecule has 5 rings (SSSR count). The van der Waals surface area contributed by atoms with E-state index >= 15 is 0 Å². The fourth-order valence-electron chi connectivity index (χ4n) is 5.52. The molecule has 1 aliphatic heterocycles. The van der Waals surface area contributed by atoms with Crippen molar-refractivity contribution >= 4 is 46.1 Å². The molecule has 3 N–H and O–H groups in total. The van der Waals surface area contributed by atoms with E-state index in [4.69, 9.17) is 17.3 Å². The van der Waals surface area contributed by atoms with Crippen LogP contribution in [0.15, 0.2) is 72.9 Å². The fourth-order valence-corrected chi connectivity index (χ4v) is 5.72. The van der Waals surface area contributed by atoms with Crippen molar-refractivity contribution in [2.24, 2.45) is 5.73 Å². The Morgan fingerprint density at radius 3 is 2.55 bits per heavy atom. The lowest BCUT2D eigenvalue weighted by Gasteiger charge is -2.35. The second-order valence-electron chi connectivity index (χ2n) is 10.3. The van der Waals surface area contributed by atoms with Crippen molar-refractivity contribution in [3.63, 3.8) is 0 Å². The number of nitrogens with two attached hydrogens (primary N) is 1. The minimum absolute atomic E-state index is 0.186. The van der Waals surface area contributed by atoms with E-state index in [1.54, 1.807) is 24.3 Å². The standard InChI is InChI=1S/C30H29ClN6O5/c1-18-12-13-36(25(28(32)39)15-20-8-4-7-19-6-2-3-11-23(19)20)29(40)27(21-9-5-10-22(31)14-21)37(18)26(38)17-35-16-24(30(41)42)33-34-35/h2-11,14,16,18,25,27H,12-13,15,17H2,1H3,(H2,32,39)(H,41,42)/t18-,25-,27+/m1/s1. The monoisotopic (exact) mass is 588 g/mol. The topological polar surface area (TPSA) is 152 Å². The SMILES string of the molecule is C[C@@H]1CCN([C@H](Cc2cccc3ccccc23)C(N)=O)C(=O)[C@H](c2cccc(Cl)c2)N1C(=O)Cn1cc(C(=O)O)nn1. The van der Waals surface area contributed by atoms with Crippen LogP contribution in [0.1, 0.15) is 41.0 Å². The minimum atomic E-state index is -1.27. The molecule has 0 spiro atoms. The van der Waals surface area contributed by atoms with Crippen molar-refractivity contribution in [2.45, 2.75) is 44.4 Å². The number of nitrogens with zero attached hydrogens (tertiary/aromatic N) is 5. The number of carboxylic acid groups (broad SMARTS) is 1. The second-order valence-corrected chi connectivity index (χ2v) is 10.7. The average Bonchev–Trinajstić information content (AvgIpc) is 3.38. The van der Waals surface area contributed by atoms with Gasteiger partial charge in [-0.25, -0.2) is 9.48 Å². The number of carboxylic acids is 1. The average molecular weight is 589 g/mol. The Hall–Kier alpha value is -4.77. The first-order valence-electron chi connectivity index (χ1n) is 13.4. The highest BCUT2D eigenvalue weighted by Crippen LogP contribution is 2.33. The summed E-state index contributed by atoms with van der Waals surface area (Å²) in [4.78, 5) is 55.3. The van der Waals surface area contributed by atoms with Crippen LogP contribution >= 0.6 is 11.6 Å². The molecule has 216 valence electrons. The van der Waals surface area contributed by atoms with Crippen molar-refractivity contribution in [3.8, 4) is 0 Å². The predicted octanol–water partition coefficient (Wildman–Crippen LogP) is 3.07. The van der Waals surface area contributed by atoms with Gasteiger partial charge in [0, 0.05) is 24.0 Å². The zero-order valence-electron chi connectivity index (χ0n) is 22.8. The number of aromatic carboxylic acids is 1. The van der Waals surface area contributed by atoms with Crippen LogP contribution in [0.5, 0.6) is 0 Å². The van der Waals surface area contributed by atoms with Gasteiger partial charge in [0.05, 0.1) is 6.20 Å². The number of benzene rings is 3. The van der Waals surface area contributed by atoms with Crippen molar-refractivity contribution in [2.75, 3.05) is 6.54 Å². The molecule has 3 amide bonds. The molecule has 0 aliphatic carbocycles. The first-order valence-corrected chi connectivity index (χ1v) is 13.8. The van der Waals surface area contributed by atoms with Crippen LogP contribution in [0, 0.1) is 0 Å². The highest BCUT2D eigenvalue weighted by molar-refractivity contribution is 6.30. The molecular formula is C30H29ClN6O5. The van der Waals surface area contributed by atoms with Gasteiger partial charge in [0.2, 0.25) is 11.8 Å². The number of halogens is 1. The zero-order chi connectivity index (χ0) is 30.0. The summed E-state index contributed by atoms with van der Waals surface area (Å²) in [5.74, 6) is -2.88. The maximum atomic E-state index is 14.4. The normalized spacial score (nSPS) is 18.1. The molecule has 42 heavy (non-hydrogen) atoms. The van der Waals surface area contributed by atoms with Crippen LogP contribution in [-0.4, -0.2) is 72.2 Å². The van der Waals surface area contributed by atoms with Crippen LogP contribution < -0.4 is 5.73 Å². The highest BCUT2D eigenvalue weighted by Gasteiger charge is 2.43. The van der Waals surface area contributed by atoms with Gasteiger partial charge < -0.3 is 20.6 Å². The van der Waals surface area contributed by atoms with E-state index in [-0.39, 0.29) is 25.2 Å². The van der Waals surface area contributed by atoms with E-state index in [1.165, 1.54) is 9.80 Å². The molecular weight excluding hydrogens is 560 g/mol. The molecule has 0 saturated carbocycles. The van der Waals surface area contributed by atoms with Crippen LogP contribution in [-0.2, 0) is 27.3 Å². The van der Waals surface area contributed by atoms with E-state index in [9.17, 15) is 24.3 Å². The third kappa shape index (κ3) is 5.82. The molecule has 12 heteroatoms. The van der Waals surface area contributed by atoms with Crippen molar-refractivity contribution in [1.29, 1.82) is 0 Å². The number of primary amides is 1. The van der Waals surface area contributed by atoms with Gasteiger partial charge in [0.1, 0.15) is 18.6 Å². The Morgan fingerprint density at radius 2 is 1.83 bits per heavy atom. The van der Waals surface area contributed by atoms with E-state index in [0.717, 1.165) is 27.2 Å². The first kappa shape index (κ1) is 28.7. The van der Waals surface area contributed by atoms with Gasteiger partial charge in [-0.15, -0.1) is 5.10 Å². The lowest BCUT2D eigenvalue weighted by Crippen LogP contribution is -2.52. The summed E-state index contributed by atoms with van der Waals surface area (Å²) in [5.41, 5.74) is 6.97. The summed E-state index contributed by atoms with van der Waals surface area (Å²) in [6, 6.07) is 17.7. The Kier molecular flexibility index (Phi) is 8.21. The van der Waals surface area contributed by atoms with Gasteiger partial charge in [-0.05, 0) is 47.4 Å². The van der Waals surface area contributed by atoms with Crippen molar-refractivity contribution in [1.82, 2.24) is 24.8 Å². The maximum Gasteiger partial charge on any atom is 0.358 e. The van der Waals surface area contributed by atoms with Crippen LogP contribution in [0.2, 0.25) is 5.02 Å². The number of amides is 3. The smallest absolute Gasteiger partial charge is 0.358 e. The third-order valence-electron chi connectivity index (χ3n) is 7.56. The van der Waals surface area contributed by atoms with Gasteiger partial charge in [-0.3, -0.25) is 14.4 Å². The quantitative estimate of drug-likeness (QED) is 0.321. The maximum absolute atomic E-state index is 14.4. The lowest BCUT2D eigenvalue weighted by atomic mass is 9.96. The zero-order valence-corrected chi connectivity index (χ0v) is 23.5. The van der Waals surface area contributed by atoms with Gasteiger partial charge in [-0.1, -0.05) is 71.4 Å². The molecule has 0 radical (unpaired) electrons. The van der Waals surface area contributed by atoms with E-state index in [2.05, 4.69) is 10.3 Å². The number of fused-ring (bicyclic) bond motifs is 1. The predicted molar refractivity (Wildman–Crippen MR) is 154 cm³/mol. The number of hydrogen-bond acceptors (Lipinski definition) is 6. The minimum Gasteiger partial charge on any atom is -0.476 e. The number of carbonyl (C=O) groups excluding carboxylic acids is 3. The number of aromatic nitrogens is 3. The van der Waals surface area contributed by atoms with Gasteiger partial charge >= 0.3 is 5.97 Å². The van der Waals surface area contributed by atoms with Gasteiger partial charge in [-0.2, -0.15) is 0 Å². The number of hydrogen-bond donors (Lipinski definition) is 2.